The molecule has 1 fully saturated rings. The molecule has 0 aromatic rings. The maximum Gasteiger partial charge on any atom is 0.331 e. The number of aliphatic carboxylic acids is 1. The molecular weight excluding hydrogens is 274 g/mol. The highest BCUT2D eigenvalue weighted by atomic mass is 16.4. The lowest BCUT2D eigenvalue weighted by Gasteiger charge is -2.24. The molecule has 1 saturated carbocycles. The Morgan fingerprint density at radius 2 is 1.81 bits per heavy atom. The molecule has 118 valence electrons. The third kappa shape index (κ3) is 5.18. The first-order valence-corrected chi connectivity index (χ1v) is 6.96. The molecule has 0 spiro atoms. The summed E-state index contributed by atoms with van der Waals surface area (Å²) in [6.07, 6.45) is 2.37. The molecule has 0 aromatic heterocycles. The number of rotatable bonds is 6. The number of hydrogen-bond donors (Lipinski definition) is 3. The summed E-state index contributed by atoms with van der Waals surface area (Å²) in [5.41, 5.74) is -0.0667. The fraction of sp³-hybridized carbons (Fsp3) is 0.643. The van der Waals surface area contributed by atoms with Crippen LogP contribution >= 0.6 is 0 Å². The Kier molecular flexibility index (Phi) is 5.90. The van der Waals surface area contributed by atoms with Crippen molar-refractivity contribution in [3.05, 3.63) is 11.1 Å². The van der Waals surface area contributed by atoms with Crippen molar-refractivity contribution in [3.63, 3.8) is 0 Å². The highest BCUT2D eigenvalue weighted by Gasteiger charge is 2.29. The minimum Gasteiger partial charge on any atom is -0.478 e. The van der Waals surface area contributed by atoms with E-state index in [1.165, 1.54) is 26.7 Å². The van der Waals surface area contributed by atoms with Crippen molar-refractivity contribution in [2.45, 2.75) is 45.7 Å². The van der Waals surface area contributed by atoms with E-state index in [0.717, 1.165) is 0 Å². The molecule has 1 aliphatic rings. The summed E-state index contributed by atoms with van der Waals surface area (Å²) in [5.74, 6) is -1.88. The van der Waals surface area contributed by atoms with Gasteiger partial charge in [0.25, 0.3) is 5.91 Å². The minimum absolute atomic E-state index is 0.0146. The normalized spacial score (nSPS) is 17.0. The fourth-order valence-electron chi connectivity index (χ4n) is 1.80. The van der Waals surface area contributed by atoms with Crippen molar-refractivity contribution in [3.8, 4) is 0 Å². The molecule has 3 N–H and O–H groups in total. The minimum atomic E-state index is -1.18. The van der Waals surface area contributed by atoms with Crippen LogP contribution in [0.5, 0.6) is 0 Å². The number of likely N-dealkylation sites (N-methyl/N-ethyl adjacent to an activating group) is 1. The van der Waals surface area contributed by atoms with E-state index in [0.29, 0.717) is 12.6 Å². The van der Waals surface area contributed by atoms with Gasteiger partial charge < -0.3 is 10.4 Å². The maximum atomic E-state index is 11.7. The molecule has 0 saturated heterocycles. The van der Waals surface area contributed by atoms with Gasteiger partial charge in [-0.05, 0) is 40.7 Å². The molecule has 21 heavy (non-hydrogen) atoms. The van der Waals surface area contributed by atoms with E-state index in [4.69, 9.17) is 5.11 Å². The zero-order valence-corrected chi connectivity index (χ0v) is 12.9. The van der Waals surface area contributed by atoms with Crippen molar-refractivity contribution >= 4 is 17.9 Å². The Morgan fingerprint density at radius 3 is 2.29 bits per heavy atom. The largest absolute Gasteiger partial charge is 0.478 e. The average molecular weight is 297 g/mol. The smallest absolute Gasteiger partial charge is 0.331 e. The molecule has 7 nitrogen and oxygen atoms in total. The monoisotopic (exact) mass is 297 g/mol. The van der Waals surface area contributed by atoms with Gasteiger partial charge in [0.1, 0.15) is 0 Å². The van der Waals surface area contributed by atoms with Crippen molar-refractivity contribution in [1.29, 1.82) is 0 Å². The number of carboxylic acids is 1. The van der Waals surface area contributed by atoms with Crippen molar-refractivity contribution < 1.29 is 19.5 Å². The van der Waals surface area contributed by atoms with Crippen LogP contribution in [0.4, 0.5) is 4.79 Å². The molecule has 1 unspecified atom stereocenters. The first kappa shape index (κ1) is 17.2. The second-order valence-corrected chi connectivity index (χ2v) is 5.46. The molecule has 0 heterocycles. The quantitative estimate of drug-likeness (QED) is 0.627. The van der Waals surface area contributed by atoms with Gasteiger partial charge in [-0.25, -0.2) is 9.59 Å². The van der Waals surface area contributed by atoms with Crippen LogP contribution in [-0.4, -0.2) is 53.6 Å². The van der Waals surface area contributed by atoms with Crippen molar-refractivity contribution in [2.75, 3.05) is 13.6 Å². The summed E-state index contributed by atoms with van der Waals surface area (Å²) in [7, 11) is 2.01. The van der Waals surface area contributed by atoms with Gasteiger partial charge >= 0.3 is 12.0 Å². The summed E-state index contributed by atoms with van der Waals surface area (Å²) in [4.78, 5) is 36.3. The van der Waals surface area contributed by atoms with Crippen LogP contribution in [0.15, 0.2) is 11.1 Å². The third-order valence-corrected chi connectivity index (χ3v) is 3.83. The Labute approximate surface area is 124 Å². The second-order valence-electron chi connectivity index (χ2n) is 5.46. The average Bonchev–Trinajstić information content (AvgIpc) is 3.26. The van der Waals surface area contributed by atoms with E-state index in [1.807, 2.05) is 14.0 Å². The van der Waals surface area contributed by atoms with Crippen LogP contribution in [0.3, 0.4) is 0 Å². The standard InChI is InChI=1S/C14H23N3O4/c1-8(17(4)11-5-6-11)7-15-14(21)16-12(18)9(2)10(3)13(19)20/h8,11H,5-7H2,1-4H3,(H,19,20)(H2,15,16,18,21). The number of imide groups is 1. The Morgan fingerprint density at radius 1 is 1.24 bits per heavy atom. The number of nitrogens with one attached hydrogen (secondary N) is 2. The second kappa shape index (κ2) is 7.21. The Balaban J connectivity index is 2.41. The summed E-state index contributed by atoms with van der Waals surface area (Å²) >= 11 is 0. The van der Waals surface area contributed by atoms with E-state index in [-0.39, 0.29) is 17.2 Å². The molecule has 0 aromatic carbocycles. The van der Waals surface area contributed by atoms with Crippen LogP contribution in [-0.2, 0) is 9.59 Å². The lowest BCUT2D eigenvalue weighted by Crippen LogP contribution is -2.46. The number of nitrogens with zero attached hydrogens (tertiary/aromatic N) is 1. The molecule has 1 aliphatic carbocycles. The summed E-state index contributed by atoms with van der Waals surface area (Å²) in [6, 6.07) is 0.152. The number of urea groups is 1. The maximum absolute atomic E-state index is 11.7. The fourth-order valence-corrected chi connectivity index (χ4v) is 1.80. The topological polar surface area (TPSA) is 98.7 Å². The Hall–Kier alpha value is -1.89. The molecule has 0 bridgehead atoms. The third-order valence-electron chi connectivity index (χ3n) is 3.83. The molecular formula is C14H23N3O4. The van der Waals surface area contributed by atoms with E-state index >= 15 is 0 Å². The lowest BCUT2D eigenvalue weighted by atomic mass is 10.1. The van der Waals surface area contributed by atoms with Crippen LogP contribution in [0.1, 0.15) is 33.6 Å². The van der Waals surface area contributed by atoms with Gasteiger partial charge in [0.05, 0.1) is 0 Å². The summed E-state index contributed by atoms with van der Waals surface area (Å²) in [6.45, 7) is 5.12. The number of carboxylic acid groups (broad SMARTS) is 1. The summed E-state index contributed by atoms with van der Waals surface area (Å²) in [5, 5.41) is 13.5. The molecule has 3 amide bonds. The van der Waals surface area contributed by atoms with E-state index in [2.05, 4.69) is 15.5 Å². The zero-order chi connectivity index (χ0) is 16.2. The summed E-state index contributed by atoms with van der Waals surface area (Å²) < 4.78 is 0. The van der Waals surface area contributed by atoms with Gasteiger partial charge in [0.15, 0.2) is 0 Å². The van der Waals surface area contributed by atoms with Crippen LogP contribution in [0, 0.1) is 0 Å². The SMILES string of the molecule is CC(C(=O)O)=C(C)C(=O)NC(=O)NCC(C)N(C)C1CC1. The highest BCUT2D eigenvalue weighted by molar-refractivity contribution is 6.07. The van der Waals surface area contributed by atoms with Crippen molar-refractivity contribution in [1.82, 2.24) is 15.5 Å². The van der Waals surface area contributed by atoms with Crippen LogP contribution in [0.2, 0.25) is 0 Å². The first-order valence-electron chi connectivity index (χ1n) is 6.96. The first-order chi connectivity index (χ1) is 9.73. The Bertz CT molecular complexity index is 469. The number of hydrogen-bond acceptors (Lipinski definition) is 4. The van der Waals surface area contributed by atoms with E-state index in [9.17, 15) is 14.4 Å². The van der Waals surface area contributed by atoms with E-state index < -0.39 is 17.9 Å². The van der Waals surface area contributed by atoms with Crippen LogP contribution in [0.25, 0.3) is 0 Å². The molecule has 1 rings (SSSR count). The molecule has 7 heteroatoms. The number of carbonyl (C=O) groups is 3. The van der Waals surface area contributed by atoms with Crippen molar-refractivity contribution in [2.24, 2.45) is 0 Å². The van der Waals surface area contributed by atoms with Gasteiger partial charge in [-0.15, -0.1) is 0 Å². The lowest BCUT2D eigenvalue weighted by molar-refractivity contribution is -0.133. The van der Waals surface area contributed by atoms with Gasteiger partial charge in [0.2, 0.25) is 0 Å². The number of amides is 3. The zero-order valence-electron chi connectivity index (χ0n) is 12.9. The van der Waals surface area contributed by atoms with Crippen LogP contribution < -0.4 is 10.6 Å². The molecule has 1 atom stereocenters. The highest BCUT2D eigenvalue weighted by Crippen LogP contribution is 2.26. The predicted molar refractivity (Wildman–Crippen MR) is 77.8 cm³/mol. The van der Waals surface area contributed by atoms with Gasteiger partial charge in [0, 0.05) is 29.8 Å². The van der Waals surface area contributed by atoms with Gasteiger partial charge in [-0.1, -0.05) is 0 Å². The van der Waals surface area contributed by atoms with E-state index in [1.54, 1.807) is 0 Å². The molecule has 0 radical (unpaired) electrons. The van der Waals surface area contributed by atoms with Gasteiger partial charge in [-0.3, -0.25) is 15.0 Å². The molecule has 0 aliphatic heterocycles. The number of carbonyl (C=O) groups excluding carboxylic acids is 2. The van der Waals surface area contributed by atoms with Gasteiger partial charge in [-0.2, -0.15) is 0 Å². The predicted octanol–water partition coefficient (Wildman–Crippen LogP) is 0.716.